The number of hydrogen-bond donors (Lipinski definition) is 2. The van der Waals surface area contributed by atoms with Gasteiger partial charge in [-0.2, -0.15) is 4.37 Å². The maximum Gasteiger partial charge on any atom is 0.245 e. The molecular formula is C12H22N4O2S. The van der Waals surface area contributed by atoms with Gasteiger partial charge in [-0.05, 0) is 26.4 Å². The fourth-order valence-corrected chi connectivity index (χ4v) is 2.64. The van der Waals surface area contributed by atoms with Crippen LogP contribution in [0.25, 0.3) is 0 Å². The Kier molecular flexibility index (Phi) is 5.96. The molecule has 19 heavy (non-hydrogen) atoms. The number of nitrogens with one attached hydrogen (secondary N) is 1. The van der Waals surface area contributed by atoms with Gasteiger partial charge in [0.2, 0.25) is 5.88 Å². The third-order valence-electron chi connectivity index (χ3n) is 3.45. The van der Waals surface area contributed by atoms with Crippen LogP contribution in [-0.2, 0) is 0 Å². The zero-order valence-corrected chi connectivity index (χ0v) is 12.1. The number of ether oxygens (including phenoxy) is 1. The lowest BCUT2D eigenvalue weighted by Crippen LogP contribution is -2.45. The minimum atomic E-state index is -0.518. The van der Waals surface area contributed by atoms with E-state index in [9.17, 15) is 5.11 Å². The third-order valence-corrected chi connectivity index (χ3v) is 3.91. The number of likely N-dealkylation sites (N-methyl/N-ethyl adjacent to an activating group) is 1. The third kappa shape index (κ3) is 5.02. The Balaban J connectivity index is 1.57. The molecule has 2 rings (SSSR count). The lowest BCUT2D eigenvalue weighted by atomic mass is 10.0. The molecule has 1 aliphatic rings. The summed E-state index contributed by atoms with van der Waals surface area (Å²) in [6.45, 7) is 2.89. The first-order valence-electron chi connectivity index (χ1n) is 6.75. The topological polar surface area (TPSA) is 70.5 Å². The highest BCUT2D eigenvalue weighted by atomic mass is 32.1. The van der Waals surface area contributed by atoms with Crippen LogP contribution in [0.15, 0.2) is 6.20 Å². The first kappa shape index (κ1) is 14.6. The molecule has 108 valence electrons. The van der Waals surface area contributed by atoms with Crippen molar-refractivity contribution in [1.29, 1.82) is 0 Å². The van der Waals surface area contributed by atoms with Gasteiger partial charge in [-0.15, -0.1) is 4.37 Å². The van der Waals surface area contributed by atoms with E-state index in [4.69, 9.17) is 4.74 Å². The monoisotopic (exact) mass is 286 g/mol. The second kappa shape index (κ2) is 7.74. The van der Waals surface area contributed by atoms with Gasteiger partial charge in [0, 0.05) is 19.1 Å². The first-order chi connectivity index (χ1) is 9.25. The molecule has 0 saturated carbocycles. The Hall–Kier alpha value is -0.760. The van der Waals surface area contributed by atoms with Gasteiger partial charge in [-0.1, -0.05) is 6.42 Å². The second-order valence-electron chi connectivity index (χ2n) is 5.00. The maximum absolute atomic E-state index is 9.80. The Morgan fingerprint density at radius 1 is 1.63 bits per heavy atom. The van der Waals surface area contributed by atoms with Crippen molar-refractivity contribution in [2.45, 2.75) is 31.4 Å². The number of aliphatic hydroxyl groups is 1. The summed E-state index contributed by atoms with van der Waals surface area (Å²) < 4.78 is 13.1. The number of nitrogens with zero attached hydrogens (tertiary/aromatic N) is 3. The van der Waals surface area contributed by atoms with Crippen molar-refractivity contribution in [3.05, 3.63) is 6.20 Å². The van der Waals surface area contributed by atoms with Gasteiger partial charge >= 0.3 is 0 Å². The van der Waals surface area contributed by atoms with Crippen LogP contribution in [-0.4, -0.2) is 64.2 Å². The van der Waals surface area contributed by atoms with Gasteiger partial charge in [0.25, 0.3) is 0 Å². The molecule has 1 saturated heterocycles. The van der Waals surface area contributed by atoms with Crippen LogP contribution in [0.3, 0.4) is 0 Å². The molecule has 1 aromatic heterocycles. The Morgan fingerprint density at radius 2 is 2.53 bits per heavy atom. The highest BCUT2D eigenvalue weighted by Crippen LogP contribution is 2.13. The number of aromatic nitrogens is 2. The zero-order chi connectivity index (χ0) is 13.5. The first-order valence-corrected chi connectivity index (χ1v) is 7.48. The predicted molar refractivity (Wildman–Crippen MR) is 74.5 cm³/mol. The van der Waals surface area contributed by atoms with E-state index in [-0.39, 0.29) is 6.61 Å². The quantitative estimate of drug-likeness (QED) is 0.754. The maximum atomic E-state index is 9.80. The van der Waals surface area contributed by atoms with E-state index in [1.165, 1.54) is 25.8 Å². The lowest BCUT2D eigenvalue weighted by Gasteiger charge is -2.32. The Morgan fingerprint density at radius 3 is 3.26 bits per heavy atom. The Labute approximate surface area is 118 Å². The summed E-state index contributed by atoms with van der Waals surface area (Å²) in [5.41, 5.74) is 0. The highest BCUT2D eigenvalue weighted by Gasteiger charge is 2.18. The van der Waals surface area contributed by atoms with Crippen LogP contribution in [0, 0.1) is 0 Å². The normalized spacial score (nSPS) is 22.3. The smallest absolute Gasteiger partial charge is 0.245 e. The molecule has 2 N–H and O–H groups in total. The molecule has 2 atom stereocenters. The van der Waals surface area contributed by atoms with E-state index in [0.717, 1.165) is 18.3 Å². The van der Waals surface area contributed by atoms with Crippen LogP contribution in [0.1, 0.15) is 19.3 Å². The van der Waals surface area contributed by atoms with E-state index in [0.29, 0.717) is 18.5 Å². The lowest BCUT2D eigenvalue weighted by molar-refractivity contribution is 0.0997. The van der Waals surface area contributed by atoms with Crippen molar-refractivity contribution in [3.63, 3.8) is 0 Å². The van der Waals surface area contributed by atoms with Crippen molar-refractivity contribution < 1.29 is 9.84 Å². The number of aliphatic hydroxyl groups excluding tert-OH is 1. The van der Waals surface area contributed by atoms with E-state index >= 15 is 0 Å². The van der Waals surface area contributed by atoms with Gasteiger partial charge < -0.3 is 20.1 Å². The molecule has 0 bridgehead atoms. The van der Waals surface area contributed by atoms with Crippen molar-refractivity contribution in [2.75, 3.05) is 33.3 Å². The average molecular weight is 286 g/mol. The molecule has 0 aromatic carbocycles. The van der Waals surface area contributed by atoms with Crippen molar-refractivity contribution in [3.8, 4) is 5.88 Å². The molecule has 1 aliphatic heterocycles. The minimum absolute atomic E-state index is 0.249. The molecular weight excluding hydrogens is 264 g/mol. The fraction of sp³-hybridized carbons (Fsp3) is 0.833. The van der Waals surface area contributed by atoms with Crippen molar-refractivity contribution in [1.82, 2.24) is 19.0 Å². The molecule has 0 amide bonds. The number of piperidine rings is 1. The van der Waals surface area contributed by atoms with Gasteiger partial charge in [-0.3, -0.25) is 0 Å². The summed E-state index contributed by atoms with van der Waals surface area (Å²) in [6.07, 6.45) is 4.88. The minimum Gasteiger partial charge on any atom is -0.473 e. The van der Waals surface area contributed by atoms with Crippen LogP contribution in [0.4, 0.5) is 0 Å². The van der Waals surface area contributed by atoms with Crippen LogP contribution >= 0.6 is 11.7 Å². The van der Waals surface area contributed by atoms with Crippen molar-refractivity contribution >= 4 is 11.7 Å². The standard InChI is InChI=1S/C12H22N4O2S/c1-16-5-3-2-4-10(16)6-13-7-11(17)9-18-12-8-14-19-15-12/h8,10-11,13,17H,2-7,9H2,1H3. The largest absolute Gasteiger partial charge is 0.473 e. The van der Waals surface area contributed by atoms with E-state index < -0.39 is 6.10 Å². The summed E-state index contributed by atoms with van der Waals surface area (Å²) >= 11 is 1.10. The molecule has 2 heterocycles. The molecule has 1 fully saturated rings. The van der Waals surface area contributed by atoms with Gasteiger partial charge in [0.05, 0.1) is 11.7 Å². The highest BCUT2D eigenvalue weighted by molar-refractivity contribution is 6.99. The zero-order valence-electron chi connectivity index (χ0n) is 11.3. The molecule has 0 radical (unpaired) electrons. The van der Waals surface area contributed by atoms with E-state index in [2.05, 4.69) is 26.0 Å². The van der Waals surface area contributed by atoms with Gasteiger partial charge in [0.15, 0.2) is 0 Å². The molecule has 0 aliphatic carbocycles. The SMILES string of the molecule is CN1CCCCC1CNCC(O)COc1cnsn1. The number of rotatable bonds is 7. The summed E-state index contributed by atoms with van der Waals surface area (Å²) in [6, 6.07) is 0.588. The van der Waals surface area contributed by atoms with Crippen LogP contribution < -0.4 is 10.1 Å². The molecule has 7 heteroatoms. The Bertz CT molecular complexity index is 350. The van der Waals surface area contributed by atoms with Gasteiger partial charge in [0.1, 0.15) is 18.9 Å². The molecule has 0 spiro atoms. The summed E-state index contributed by atoms with van der Waals surface area (Å²) in [4.78, 5) is 2.39. The summed E-state index contributed by atoms with van der Waals surface area (Å²) in [5.74, 6) is 0.482. The summed E-state index contributed by atoms with van der Waals surface area (Å²) in [5, 5.41) is 13.1. The van der Waals surface area contributed by atoms with Crippen LogP contribution in [0.5, 0.6) is 5.88 Å². The molecule has 6 nitrogen and oxygen atoms in total. The average Bonchev–Trinajstić information content (AvgIpc) is 2.92. The van der Waals surface area contributed by atoms with Crippen LogP contribution in [0.2, 0.25) is 0 Å². The number of hydrogen-bond acceptors (Lipinski definition) is 7. The van der Waals surface area contributed by atoms with Crippen molar-refractivity contribution in [2.24, 2.45) is 0 Å². The second-order valence-corrected chi connectivity index (χ2v) is 5.56. The van der Waals surface area contributed by atoms with Gasteiger partial charge in [-0.25, -0.2) is 0 Å². The molecule has 2 unspecified atom stereocenters. The van der Waals surface area contributed by atoms with E-state index in [1.54, 1.807) is 6.20 Å². The molecule has 1 aromatic rings. The number of likely N-dealkylation sites (tertiary alicyclic amines) is 1. The summed E-state index contributed by atoms with van der Waals surface area (Å²) in [7, 11) is 2.17. The predicted octanol–water partition coefficient (Wildman–Crippen LogP) is 0.352. The fourth-order valence-electron chi connectivity index (χ4n) is 2.28. The van der Waals surface area contributed by atoms with E-state index in [1.807, 2.05) is 0 Å².